The van der Waals surface area contributed by atoms with Crippen molar-refractivity contribution < 1.29 is 18.0 Å². The van der Waals surface area contributed by atoms with Crippen LogP contribution in [0.4, 0.5) is 24.8 Å². The zero-order valence-corrected chi connectivity index (χ0v) is 17.9. The number of alkyl halides is 3. The largest absolute Gasteiger partial charge is 0.405 e. The minimum Gasteiger partial charge on any atom is -0.343 e. The van der Waals surface area contributed by atoms with Crippen molar-refractivity contribution in [2.45, 2.75) is 6.18 Å². The number of carbonyl (C=O) groups is 1. The molecule has 8 nitrogen and oxygen atoms in total. The maximum atomic E-state index is 12.3. The van der Waals surface area contributed by atoms with E-state index in [0.717, 1.165) is 11.1 Å². The van der Waals surface area contributed by atoms with Crippen LogP contribution in [-0.4, -0.2) is 43.6 Å². The monoisotopic (exact) mass is 475 g/mol. The smallest absolute Gasteiger partial charge is 0.343 e. The molecule has 0 unspecified atom stereocenters. The maximum absolute atomic E-state index is 12.3. The molecule has 2 heterocycles. The van der Waals surface area contributed by atoms with Crippen molar-refractivity contribution in [2.75, 3.05) is 11.9 Å². The molecule has 3 N–H and O–H groups in total. The zero-order chi connectivity index (χ0) is 23.6. The van der Waals surface area contributed by atoms with Gasteiger partial charge in [0.15, 0.2) is 5.82 Å². The summed E-state index contributed by atoms with van der Waals surface area (Å²) in [7, 11) is 1.70. The predicted octanol–water partition coefficient (Wildman–Crippen LogP) is 4.56. The Labute approximate surface area is 190 Å². The Bertz CT molecular complexity index is 1270. The molecule has 170 valence electrons. The quantitative estimate of drug-likeness (QED) is 0.379. The summed E-state index contributed by atoms with van der Waals surface area (Å²) in [5.74, 6) is -0.0212. The first-order chi connectivity index (χ1) is 15.7. The van der Waals surface area contributed by atoms with E-state index in [1.54, 1.807) is 37.6 Å². The summed E-state index contributed by atoms with van der Waals surface area (Å²) < 4.78 is 38.3. The first-order valence-electron chi connectivity index (χ1n) is 9.62. The maximum Gasteiger partial charge on any atom is 0.405 e. The number of hydrogen-bond donors (Lipinski definition) is 3. The van der Waals surface area contributed by atoms with Crippen LogP contribution < -0.4 is 10.6 Å². The van der Waals surface area contributed by atoms with Gasteiger partial charge in [0.25, 0.3) is 5.91 Å². The molecule has 0 aliphatic rings. The van der Waals surface area contributed by atoms with E-state index < -0.39 is 18.6 Å². The molecule has 0 bridgehead atoms. The Morgan fingerprint density at radius 1 is 1.12 bits per heavy atom. The minimum atomic E-state index is -4.47. The Morgan fingerprint density at radius 3 is 2.48 bits per heavy atom. The number of aryl methyl sites for hydroxylation is 1. The molecule has 0 spiro atoms. The molecule has 0 saturated carbocycles. The number of aromatic nitrogens is 5. The number of halogens is 4. The summed E-state index contributed by atoms with van der Waals surface area (Å²) in [6, 6.07) is 11.5. The number of nitrogens with zero attached hydrogens (tertiary/aromatic N) is 4. The summed E-state index contributed by atoms with van der Waals surface area (Å²) in [5, 5.41) is 16.5. The second-order valence-electron chi connectivity index (χ2n) is 7.06. The fraction of sp³-hybridized carbons (Fsp3) is 0.143. The highest BCUT2D eigenvalue weighted by molar-refractivity contribution is 6.33. The lowest BCUT2D eigenvalue weighted by Gasteiger charge is -2.08. The molecule has 1 amide bonds. The van der Waals surface area contributed by atoms with Gasteiger partial charge >= 0.3 is 6.18 Å². The van der Waals surface area contributed by atoms with Gasteiger partial charge in [-0.15, -0.1) is 5.10 Å². The second kappa shape index (κ2) is 8.94. The highest BCUT2D eigenvalue weighted by Crippen LogP contribution is 2.30. The van der Waals surface area contributed by atoms with Crippen LogP contribution in [0, 0.1) is 0 Å². The molecule has 33 heavy (non-hydrogen) atoms. The molecule has 0 atom stereocenters. The predicted molar refractivity (Wildman–Crippen MR) is 117 cm³/mol. The first kappa shape index (κ1) is 22.3. The van der Waals surface area contributed by atoms with Gasteiger partial charge in [0, 0.05) is 29.9 Å². The van der Waals surface area contributed by atoms with Crippen molar-refractivity contribution >= 4 is 29.1 Å². The second-order valence-corrected chi connectivity index (χ2v) is 7.47. The van der Waals surface area contributed by atoms with Gasteiger partial charge < -0.3 is 10.6 Å². The average molecular weight is 476 g/mol. The van der Waals surface area contributed by atoms with Gasteiger partial charge in [0.05, 0.1) is 16.9 Å². The Kier molecular flexibility index (Phi) is 6.05. The van der Waals surface area contributed by atoms with Gasteiger partial charge in [0.1, 0.15) is 6.54 Å². The van der Waals surface area contributed by atoms with Gasteiger partial charge in [-0.05, 0) is 29.8 Å². The molecule has 2 aromatic carbocycles. The van der Waals surface area contributed by atoms with Crippen molar-refractivity contribution in [3.63, 3.8) is 0 Å². The van der Waals surface area contributed by atoms with E-state index in [2.05, 4.69) is 25.6 Å². The number of anilines is 2. The van der Waals surface area contributed by atoms with Crippen molar-refractivity contribution in [2.24, 2.45) is 7.05 Å². The van der Waals surface area contributed by atoms with Gasteiger partial charge in [-0.25, -0.2) is 4.68 Å². The molecular weight excluding hydrogens is 459 g/mol. The number of aromatic amines is 1. The Hall–Kier alpha value is -3.86. The van der Waals surface area contributed by atoms with Crippen LogP contribution in [0.1, 0.15) is 10.4 Å². The highest BCUT2D eigenvalue weighted by Gasteiger charge is 2.27. The van der Waals surface area contributed by atoms with E-state index >= 15 is 0 Å². The number of benzene rings is 2. The van der Waals surface area contributed by atoms with Gasteiger partial charge in [-0.2, -0.15) is 23.3 Å². The van der Waals surface area contributed by atoms with Crippen LogP contribution in [0.2, 0.25) is 5.02 Å². The fourth-order valence-corrected chi connectivity index (χ4v) is 3.22. The first-order valence-corrected chi connectivity index (χ1v) is 9.99. The van der Waals surface area contributed by atoms with Crippen molar-refractivity contribution in [3.8, 4) is 22.5 Å². The van der Waals surface area contributed by atoms with Gasteiger partial charge in [0.2, 0.25) is 5.95 Å². The molecule has 0 aliphatic carbocycles. The average Bonchev–Trinajstić information content (AvgIpc) is 3.43. The van der Waals surface area contributed by atoms with Crippen LogP contribution in [0.25, 0.3) is 22.5 Å². The molecule has 0 fully saturated rings. The van der Waals surface area contributed by atoms with Crippen LogP contribution in [-0.2, 0) is 7.05 Å². The van der Waals surface area contributed by atoms with Crippen molar-refractivity contribution in [3.05, 3.63) is 65.4 Å². The molecular formula is C21H17ClF3N7O. The minimum absolute atomic E-state index is 0.0989. The molecule has 4 rings (SSSR count). The Balaban J connectivity index is 1.48. The summed E-state index contributed by atoms with van der Waals surface area (Å²) in [6.07, 6.45) is -1.02. The van der Waals surface area contributed by atoms with E-state index in [1.165, 1.54) is 16.8 Å². The number of hydrogen-bond acceptors (Lipinski definition) is 5. The molecule has 4 aromatic rings. The van der Waals surface area contributed by atoms with Gasteiger partial charge in [-0.1, -0.05) is 29.8 Å². The lowest BCUT2D eigenvalue weighted by Crippen LogP contribution is -2.33. The summed E-state index contributed by atoms with van der Waals surface area (Å²) >= 11 is 6.41. The van der Waals surface area contributed by atoms with Gasteiger partial charge in [-0.3, -0.25) is 9.89 Å². The van der Waals surface area contributed by atoms with Crippen molar-refractivity contribution in [1.29, 1.82) is 0 Å². The number of carbonyl (C=O) groups excluding carboxylic acids is 1. The third kappa shape index (κ3) is 5.32. The van der Waals surface area contributed by atoms with E-state index in [-0.39, 0.29) is 5.56 Å². The number of rotatable bonds is 6. The zero-order valence-electron chi connectivity index (χ0n) is 17.1. The molecule has 2 aromatic heterocycles. The highest BCUT2D eigenvalue weighted by atomic mass is 35.5. The van der Waals surface area contributed by atoms with Crippen LogP contribution in [0.15, 0.2) is 54.9 Å². The fourth-order valence-electron chi connectivity index (χ4n) is 2.99. The van der Waals surface area contributed by atoms with E-state index in [9.17, 15) is 18.0 Å². The summed E-state index contributed by atoms with van der Waals surface area (Å²) in [6.45, 7) is -1.39. The third-order valence-corrected chi connectivity index (χ3v) is 4.98. The summed E-state index contributed by atoms with van der Waals surface area (Å²) in [5.41, 5.74) is 3.12. The number of nitrogens with one attached hydrogen (secondary N) is 3. The molecule has 0 aliphatic heterocycles. The topological polar surface area (TPSA) is 101 Å². The lowest BCUT2D eigenvalue weighted by molar-refractivity contribution is -0.123. The van der Waals surface area contributed by atoms with Crippen LogP contribution >= 0.6 is 11.6 Å². The van der Waals surface area contributed by atoms with Crippen LogP contribution in [0.5, 0.6) is 0 Å². The van der Waals surface area contributed by atoms with Crippen molar-refractivity contribution in [1.82, 2.24) is 30.3 Å². The number of amides is 1. The standard InChI is InChI=1S/C21H17ClF3N7O/c1-32-20(29-17-7-6-14(8-16(17)22)15-9-27-28-10-15)30-18(31-32)12-2-4-13(5-3-12)19(33)26-11-21(23,24)25/h2-10H,11H2,1H3,(H,26,33)(H,27,28)(H,29,30,31). The van der Waals surface area contributed by atoms with E-state index in [1.807, 2.05) is 17.4 Å². The molecule has 0 saturated heterocycles. The van der Waals surface area contributed by atoms with E-state index in [0.29, 0.717) is 28.0 Å². The van der Waals surface area contributed by atoms with Crippen LogP contribution in [0.3, 0.4) is 0 Å². The van der Waals surface area contributed by atoms with E-state index in [4.69, 9.17) is 11.6 Å². The third-order valence-electron chi connectivity index (χ3n) is 4.66. The molecule has 12 heteroatoms. The lowest BCUT2D eigenvalue weighted by atomic mass is 10.1. The Morgan fingerprint density at radius 2 is 1.85 bits per heavy atom. The normalized spacial score (nSPS) is 11.4. The number of H-pyrrole nitrogens is 1. The molecule has 0 radical (unpaired) electrons. The summed E-state index contributed by atoms with van der Waals surface area (Å²) in [4.78, 5) is 16.3. The SMILES string of the molecule is Cn1nc(-c2ccc(C(=O)NCC(F)(F)F)cc2)nc1Nc1ccc(-c2cn[nH]c2)cc1Cl.